The van der Waals surface area contributed by atoms with Crippen molar-refractivity contribution >= 4 is 11.6 Å². The Labute approximate surface area is 191 Å². The molecule has 31 heavy (non-hydrogen) atoms. The molecular weight excluding hydrogens is 406 g/mol. The summed E-state index contributed by atoms with van der Waals surface area (Å²) in [6.07, 6.45) is 4.16. The smallest absolute Gasteiger partial charge is 0.118 e. The highest BCUT2D eigenvalue weighted by atomic mass is 35.5. The molecule has 1 atom stereocenters. The molecule has 0 radical (unpaired) electrons. The van der Waals surface area contributed by atoms with Gasteiger partial charge in [-0.1, -0.05) is 72.3 Å². The number of hydrogen-bond acceptors (Lipinski definition) is 3. The predicted molar refractivity (Wildman–Crippen MR) is 129 cm³/mol. The van der Waals surface area contributed by atoms with Gasteiger partial charge in [0.1, 0.15) is 5.75 Å². The standard InChI is InChI=1S/C27H32ClNO2/c1-30-26-16-14-22(15-17-26)20-29-25(19-24-11-5-6-13-27(24)28)12-7-8-18-31-21-23-9-3-2-4-10-23/h2-6,9-11,13-17,25,29H,7-8,12,18-21H2,1H3. The Morgan fingerprint density at radius 2 is 1.58 bits per heavy atom. The van der Waals surface area contributed by atoms with Crippen LogP contribution in [0.25, 0.3) is 0 Å². The van der Waals surface area contributed by atoms with Gasteiger partial charge in [-0.05, 0) is 60.6 Å². The number of halogens is 1. The zero-order valence-electron chi connectivity index (χ0n) is 18.2. The maximum Gasteiger partial charge on any atom is 0.118 e. The highest BCUT2D eigenvalue weighted by Gasteiger charge is 2.11. The van der Waals surface area contributed by atoms with Gasteiger partial charge >= 0.3 is 0 Å². The van der Waals surface area contributed by atoms with Crippen LogP contribution in [0.15, 0.2) is 78.9 Å². The summed E-state index contributed by atoms with van der Waals surface area (Å²) < 4.78 is 11.1. The van der Waals surface area contributed by atoms with Gasteiger partial charge < -0.3 is 14.8 Å². The summed E-state index contributed by atoms with van der Waals surface area (Å²) in [7, 11) is 1.69. The molecule has 3 aromatic rings. The van der Waals surface area contributed by atoms with Gasteiger partial charge in [0.05, 0.1) is 13.7 Å². The van der Waals surface area contributed by atoms with Crippen LogP contribution >= 0.6 is 11.6 Å². The maximum absolute atomic E-state index is 6.42. The van der Waals surface area contributed by atoms with Crippen LogP contribution in [0.3, 0.4) is 0 Å². The van der Waals surface area contributed by atoms with Crippen molar-refractivity contribution < 1.29 is 9.47 Å². The lowest BCUT2D eigenvalue weighted by atomic mass is 10.0. The molecule has 4 heteroatoms. The van der Waals surface area contributed by atoms with Crippen molar-refractivity contribution in [2.45, 2.75) is 44.9 Å². The van der Waals surface area contributed by atoms with Crippen LogP contribution in [0.2, 0.25) is 5.02 Å². The molecule has 0 aromatic heterocycles. The topological polar surface area (TPSA) is 30.5 Å². The quantitative estimate of drug-likeness (QED) is 0.312. The van der Waals surface area contributed by atoms with E-state index in [2.05, 4.69) is 41.7 Å². The molecule has 3 rings (SSSR count). The van der Waals surface area contributed by atoms with E-state index in [4.69, 9.17) is 21.1 Å². The Bertz CT molecular complexity index is 883. The van der Waals surface area contributed by atoms with Gasteiger partial charge in [0, 0.05) is 24.2 Å². The lowest BCUT2D eigenvalue weighted by molar-refractivity contribution is 0.116. The van der Waals surface area contributed by atoms with Gasteiger partial charge in [-0.2, -0.15) is 0 Å². The monoisotopic (exact) mass is 437 g/mol. The van der Waals surface area contributed by atoms with Crippen molar-refractivity contribution in [2.75, 3.05) is 13.7 Å². The van der Waals surface area contributed by atoms with Crippen LogP contribution in [0.5, 0.6) is 5.75 Å². The molecule has 0 amide bonds. The van der Waals surface area contributed by atoms with Crippen molar-refractivity contribution in [3.63, 3.8) is 0 Å². The van der Waals surface area contributed by atoms with Crippen LogP contribution in [0, 0.1) is 0 Å². The second-order valence-corrected chi connectivity index (χ2v) is 8.16. The summed E-state index contributed by atoms with van der Waals surface area (Å²) in [5, 5.41) is 4.56. The Hall–Kier alpha value is -2.33. The first kappa shape index (κ1) is 23.3. The first-order valence-electron chi connectivity index (χ1n) is 11.0. The number of ether oxygens (including phenoxy) is 2. The lowest BCUT2D eigenvalue weighted by Crippen LogP contribution is -2.31. The van der Waals surface area contributed by atoms with Crippen molar-refractivity contribution in [1.29, 1.82) is 0 Å². The molecule has 0 bridgehead atoms. The molecule has 0 saturated heterocycles. The average molecular weight is 438 g/mol. The van der Waals surface area contributed by atoms with Crippen LogP contribution in [-0.2, 0) is 24.3 Å². The highest BCUT2D eigenvalue weighted by molar-refractivity contribution is 6.31. The number of methoxy groups -OCH3 is 1. The Balaban J connectivity index is 1.47. The minimum atomic E-state index is 0.358. The average Bonchev–Trinajstić information content (AvgIpc) is 2.82. The van der Waals surface area contributed by atoms with Gasteiger partial charge in [-0.25, -0.2) is 0 Å². The van der Waals surface area contributed by atoms with Gasteiger partial charge in [0.15, 0.2) is 0 Å². The van der Waals surface area contributed by atoms with E-state index in [-0.39, 0.29) is 0 Å². The molecule has 0 aliphatic rings. The molecule has 0 aliphatic carbocycles. The van der Waals surface area contributed by atoms with Gasteiger partial charge in [0.2, 0.25) is 0 Å². The van der Waals surface area contributed by atoms with Crippen LogP contribution in [0.1, 0.15) is 36.0 Å². The third kappa shape index (κ3) is 8.37. The van der Waals surface area contributed by atoms with Crippen LogP contribution < -0.4 is 10.1 Å². The Morgan fingerprint density at radius 1 is 0.839 bits per heavy atom. The van der Waals surface area contributed by atoms with Crippen molar-refractivity contribution in [1.82, 2.24) is 5.32 Å². The molecule has 0 heterocycles. The van der Waals surface area contributed by atoms with Gasteiger partial charge in [0.25, 0.3) is 0 Å². The van der Waals surface area contributed by atoms with E-state index in [9.17, 15) is 0 Å². The van der Waals surface area contributed by atoms with Crippen LogP contribution in [-0.4, -0.2) is 19.8 Å². The highest BCUT2D eigenvalue weighted by Crippen LogP contribution is 2.19. The maximum atomic E-state index is 6.42. The van der Waals surface area contributed by atoms with E-state index >= 15 is 0 Å². The molecule has 1 N–H and O–H groups in total. The third-order valence-electron chi connectivity index (χ3n) is 5.38. The molecule has 0 spiro atoms. The second-order valence-electron chi connectivity index (χ2n) is 7.76. The number of nitrogens with one attached hydrogen (secondary N) is 1. The van der Waals surface area contributed by atoms with E-state index in [1.807, 2.05) is 42.5 Å². The fourth-order valence-corrected chi connectivity index (χ4v) is 3.78. The second kappa shape index (κ2) is 13.2. The summed E-state index contributed by atoms with van der Waals surface area (Å²) in [6, 6.07) is 27.0. The summed E-state index contributed by atoms with van der Waals surface area (Å²) in [4.78, 5) is 0. The minimum absolute atomic E-state index is 0.358. The lowest BCUT2D eigenvalue weighted by Gasteiger charge is -2.20. The molecule has 3 aromatic carbocycles. The van der Waals surface area contributed by atoms with Gasteiger partial charge in [-0.3, -0.25) is 0 Å². The zero-order chi connectivity index (χ0) is 21.7. The molecule has 0 saturated carbocycles. The largest absolute Gasteiger partial charge is 0.497 e. The minimum Gasteiger partial charge on any atom is -0.497 e. The summed E-state index contributed by atoms with van der Waals surface area (Å²) in [5.74, 6) is 0.881. The number of hydrogen-bond donors (Lipinski definition) is 1. The summed E-state index contributed by atoms with van der Waals surface area (Å²) in [6.45, 7) is 2.29. The third-order valence-corrected chi connectivity index (χ3v) is 5.75. The fourth-order valence-electron chi connectivity index (χ4n) is 3.57. The van der Waals surface area contributed by atoms with Crippen molar-refractivity contribution in [3.05, 3.63) is 101 Å². The van der Waals surface area contributed by atoms with Crippen molar-refractivity contribution in [2.24, 2.45) is 0 Å². The molecular formula is C27H32ClNO2. The fraction of sp³-hybridized carbons (Fsp3) is 0.333. The molecule has 3 nitrogen and oxygen atoms in total. The van der Waals surface area contributed by atoms with E-state index in [0.29, 0.717) is 12.6 Å². The number of rotatable bonds is 13. The van der Waals surface area contributed by atoms with E-state index in [1.54, 1.807) is 7.11 Å². The summed E-state index contributed by atoms with van der Waals surface area (Å²) >= 11 is 6.42. The molecule has 0 fully saturated rings. The summed E-state index contributed by atoms with van der Waals surface area (Å²) in [5.41, 5.74) is 3.66. The van der Waals surface area contributed by atoms with Crippen LogP contribution in [0.4, 0.5) is 0 Å². The van der Waals surface area contributed by atoms with E-state index in [0.717, 1.165) is 49.6 Å². The number of unbranched alkanes of at least 4 members (excludes halogenated alkanes) is 1. The van der Waals surface area contributed by atoms with E-state index in [1.165, 1.54) is 16.7 Å². The first-order chi connectivity index (χ1) is 15.2. The Morgan fingerprint density at radius 3 is 2.32 bits per heavy atom. The SMILES string of the molecule is COc1ccc(CNC(CCCCOCc2ccccc2)Cc2ccccc2Cl)cc1. The van der Waals surface area contributed by atoms with E-state index < -0.39 is 0 Å². The normalized spacial score (nSPS) is 11.9. The van der Waals surface area contributed by atoms with Gasteiger partial charge in [-0.15, -0.1) is 0 Å². The zero-order valence-corrected chi connectivity index (χ0v) is 19.0. The van der Waals surface area contributed by atoms with Crippen molar-refractivity contribution in [3.8, 4) is 5.75 Å². The molecule has 1 unspecified atom stereocenters. The number of benzene rings is 3. The molecule has 164 valence electrons. The first-order valence-corrected chi connectivity index (χ1v) is 11.3. The Kier molecular flexibility index (Phi) is 9.91. The molecule has 0 aliphatic heterocycles. The predicted octanol–water partition coefficient (Wildman–Crippen LogP) is 6.44.